The maximum absolute atomic E-state index is 5.83. The van der Waals surface area contributed by atoms with E-state index in [0.717, 1.165) is 43.3 Å². The Labute approximate surface area is 132 Å². The molecule has 0 aliphatic carbocycles. The van der Waals surface area contributed by atoms with Gasteiger partial charge in [0.1, 0.15) is 5.75 Å². The average molecular weight is 314 g/mol. The second-order valence-electron chi connectivity index (χ2n) is 4.68. The SMILES string of the molecule is CCN(CC)CCC1=NNC(c2ccc(OC)cc2)O1.Cl. The number of nitrogens with zero attached hydrogens (tertiary/aromatic N) is 2. The fourth-order valence-electron chi connectivity index (χ4n) is 2.15. The summed E-state index contributed by atoms with van der Waals surface area (Å²) in [5.74, 6) is 1.62. The van der Waals surface area contributed by atoms with E-state index in [1.54, 1.807) is 7.11 Å². The summed E-state index contributed by atoms with van der Waals surface area (Å²) in [6.07, 6.45) is 0.647. The van der Waals surface area contributed by atoms with Gasteiger partial charge < -0.3 is 14.4 Å². The summed E-state index contributed by atoms with van der Waals surface area (Å²) in [6, 6.07) is 7.82. The Morgan fingerprint density at radius 3 is 2.48 bits per heavy atom. The lowest BCUT2D eigenvalue weighted by Gasteiger charge is -2.17. The summed E-state index contributed by atoms with van der Waals surface area (Å²) >= 11 is 0. The van der Waals surface area contributed by atoms with E-state index in [9.17, 15) is 0 Å². The molecule has 1 heterocycles. The quantitative estimate of drug-likeness (QED) is 0.841. The summed E-state index contributed by atoms with van der Waals surface area (Å²) < 4.78 is 11.0. The Bertz CT molecular complexity index is 447. The molecular weight excluding hydrogens is 290 g/mol. The lowest BCUT2D eigenvalue weighted by Crippen LogP contribution is -2.25. The van der Waals surface area contributed by atoms with Gasteiger partial charge in [-0.2, -0.15) is 0 Å². The number of ether oxygens (including phenoxy) is 2. The van der Waals surface area contributed by atoms with E-state index in [0.29, 0.717) is 0 Å². The van der Waals surface area contributed by atoms with Gasteiger partial charge in [-0.3, -0.25) is 5.43 Å². The maximum Gasteiger partial charge on any atom is 0.212 e. The van der Waals surface area contributed by atoms with E-state index in [4.69, 9.17) is 9.47 Å². The molecule has 1 N–H and O–H groups in total. The molecule has 0 amide bonds. The van der Waals surface area contributed by atoms with Gasteiger partial charge in [-0.05, 0) is 37.4 Å². The molecule has 0 bridgehead atoms. The van der Waals surface area contributed by atoms with Crippen LogP contribution in [0.15, 0.2) is 29.4 Å². The van der Waals surface area contributed by atoms with E-state index in [1.807, 2.05) is 24.3 Å². The monoisotopic (exact) mass is 313 g/mol. The first-order valence-corrected chi connectivity index (χ1v) is 7.11. The molecule has 1 aliphatic heterocycles. The van der Waals surface area contributed by atoms with Gasteiger partial charge in [-0.25, -0.2) is 0 Å². The molecule has 0 saturated carbocycles. The molecule has 1 aromatic rings. The molecular formula is C15H24ClN3O2. The van der Waals surface area contributed by atoms with Crippen LogP contribution in [0, 0.1) is 0 Å². The van der Waals surface area contributed by atoms with Gasteiger partial charge in [0.05, 0.1) is 7.11 Å². The molecule has 1 atom stereocenters. The van der Waals surface area contributed by atoms with Crippen LogP contribution in [-0.2, 0) is 4.74 Å². The van der Waals surface area contributed by atoms with E-state index < -0.39 is 0 Å². The predicted molar refractivity (Wildman–Crippen MR) is 87.0 cm³/mol. The molecule has 0 fully saturated rings. The molecule has 2 rings (SSSR count). The minimum Gasteiger partial charge on any atom is -0.497 e. The third kappa shape index (κ3) is 4.79. The molecule has 0 saturated heterocycles. The molecule has 5 nitrogen and oxygen atoms in total. The molecule has 1 aliphatic rings. The minimum atomic E-state index is -0.187. The number of methoxy groups -OCH3 is 1. The highest BCUT2D eigenvalue weighted by Gasteiger charge is 2.21. The highest BCUT2D eigenvalue weighted by molar-refractivity contribution is 5.85. The standard InChI is InChI=1S/C15H23N3O2.ClH/c1-4-18(5-2)11-10-14-16-17-15(20-14)12-6-8-13(19-3)9-7-12;/h6-9,15,17H,4-5,10-11H2,1-3H3;1H. The normalized spacial score (nSPS) is 16.8. The lowest BCUT2D eigenvalue weighted by atomic mass is 10.2. The number of nitrogens with one attached hydrogen (secondary N) is 1. The molecule has 1 unspecified atom stereocenters. The zero-order valence-electron chi connectivity index (χ0n) is 12.8. The molecule has 1 aromatic carbocycles. The summed E-state index contributed by atoms with van der Waals surface area (Å²) in [7, 11) is 1.66. The molecule has 0 radical (unpaired) electrons. The topological polar surface area (TPSA) is 46.1 Å². The van der Waals surface area contributed by atoms with Crippen LogP contribution in [-0.4, -0.2) is 37.5 Å². The van der Waals surface area contributed by atoms with Crippen molar-refractivity contribution in [2.45, 2.75) is 26.5 Å². The van der Waals surface area contributed by atoms with Gasteiger partial charge >= 0.3 is 0 Å². The fraction of sp³-hybridized carbons (Fsp3) is 0.533. The van der Waals surface area contributed by atoms with E-state index >= 15 is 0 Å². The predicted octanol–water partition coefficient (Wildman–Crippen LogP) is 2.78. The van der Waals surface area contributed by atoms with Crippen molar-refractivity contribution in [2.24, 2.45) is 5.10 Å². The second-order valence-corrected chi connectivity index (χ2v) is 4.68. The van der Waals surface area contributed by atoms with Crippen LogP contribution in [0.3, 0.4) is 0 Å². The van der Waals surface area contributed by atoms with E-state index in [-0.39, 0.29) is 18.6 Å². The molecule has 6 heteroatoms. The summed E-state index contributed by atoms with van der Waals surface area (Å²) in [6.45, 7) is 7.42. The summed E-state index contributed by atoms with van der Waals surface area (Å²) in [5, 5.41) is 4.26. The Kier molecular flexibility index (Phi) is 7.32. The highest BCUT2D eigenvalue weighted by atomic mass is 35.5. The van der Waals surface area contributed by atoms with Gasteiger partial charge in [0.25, 0.3) is 0 Å². The Morgan fingerprint density at radius 2 is 1.90 bits per heavy atom. The smallest absolute Gasteiger partial charge is 0.212 e. The van der Waals surface area contributed by atoms with Crippen LogP contribution in [0.25, 0.3) is 0 Å². The molecule has 118 valence electrons. The van der Waals surface area contributed by atoms with Gasteiger partial charge in [0.15, 0.2) is 0 Å². The number of rotatable bonds is 7. The van der Waals surface area contributed by atoms with Crippen molar-refractivity contribution in [1.82, 2.24) is 10.3 Å². The number of benzene rings is 1. The summed E-state index contributed by atoms with van der Waals surface area (Å²) in [4.78, 5) is 2.35. The third-order valence-corrected chi connectivity index (χ3v) is 3.52. The van der Waals surface area contributed by atoms with Crippen molar-refractivity contribution < 1.29 is 9.47 Å². The van der Waals surface area contributed by atoms with Gasteiger partial charge in [0, 0.05) is 18.5 Å². The van der Waals surface area contributed by atoms with Crippen molar-refractivity contribution in [3.8, 4) is 5.75 Å². The second kappa shape index (κ2) is 8.74. The average Bonchev–Trinajstić information content (AvgIpc) is 2.97. The van der Waals surface area contributed by atoms with Crippen LogP contribution >= 0.6 is 12.4 Å². The van der Waals surface area contributed by atoms with Gasteiger partial charge in [0.2, 0.25) is 12.1 Å². The number of halogens is 1. The molecule has 0 aromatic heterocycles. The van der Waals surface area contributed by atoms with Crippen molar-refractivity contribution in [2.75, 3.05) is 26.7 Å². The lowest BCUT2D eigenvalue weighted by molar-refractivity contribution is 0.183. The van der Waals surface area contributed by atoms with Crippen molar-refractivity contribution >= 4 is 18.3 Å². The summed E-state index contributed by atoms with van der Waals surface area (Å²) in [5.41, 5.74) is 4.08. The van der Waals surface area contributed by atoms with Gasteiger partial charge in [-0.1, -0.05) is 13.8 Å². The Morgan fingerprint density at radius 1 is 1.24 bits per heavy atom. The van der Waals surface area contributed by atoms with E-state index in [2.05, 4.69) is 29.3 Å². The van der Waals surface area contributed by atoms with Crippen LogP contribution in [0.1, 0.15) is 32.1 Å². The third-order valence-electron chi connectivity index (χ3n) is 3.52. The van der Waals surface area contributed by atoms with Crippen LogP contribution in [0.4, 0.5) is 0 Å². The first-order valence-electron chi connectivity index (χ1n) is 7.11. The van der Waals surface area contributed by atoms with Crippen molar-refractivity contribution in [3.63, 3.8) is 0 Å². The zero-order chi connectivity index (χ0) is 14.4. The van der Waals surface area contributed by atoms with Gasteiger partial charge in [-0.15, -0.1) is 17.5 Å². The Hall–Kier alpha value is -1.46. The molecule has 0 spiro atoms. The molecule has 21 heavy (non-hydrogen) atoms. The first-order chi connectivity index (χ1) is 9.76. The number of hydrazone groups is 1. The first kappa shape index (κ1) is 17.6. The van der Waals surface area contributed by atoms with Crippen LogP contribution < -0.4 is 10.2 Å². The maximum atomic E-state index is 5.83. The highest BCUT2D eigenvalue weighted by Crippen LogP contribution is 2.22. The fourth-order valence-corrected chi connectivity index (χ4v) is 2.15. The number of hydrogen-bond acceptors (Lipinski definition) is 5. The zero-order valence-corrected chi connectivity index (χ0v) is 13.7. The minimum absolute atomic E-state index is 0. The number of hydrogen-bond donors (Lipinski definition) is 1. The van der Waals surface area contributed by atoms with Crippen molar-refractivity contribution in [3.05, 3.63) is 29.8 Å². The van der Waals surface area contributed by atoms with Crippen molar-refractivity contribution in [1.29, 1.82) is 0 Å². The largest absolute Gasteiger partial charge is 0.497 e. The Balaban J connectivity index is 0.00000220. The van der Waals surface area contributed by atoms with Crippen LogP contribution in [0.2, 0.25) is 0 Å². The van der Waals surface area contributed by atoms with Crippen LogP contribution in [0.5, 0.6) is 5.75 Å². The van der Waals surface area contributed by atoms with E-state index in [1.165, 1.54) is 0 Å².